The molecule has 0 spiro atoms. The molecule has 0 N–H and O–H groups in total. The summed E-state index contributed by atoms with van der Waals surface area (Å²) in [4.78, 5) is 0. The van der Waals surface area contributed by atoms with Crippen molar-refractivity contribution in [2.24, 2.45) is 0 Å². The van der Waals surface area contributed by atoms with E-state index in [1.807, 2.05) is 27.7 Å². The number of rotatable bonds is 6. The van der Waals surface area contributed by atoms with Crippen molar-refractivity contribution < 1.29 is 22.6 Å². The quantitative estimate of drug-likeness (QED) is 0.682. The van der Waals surface area contributed by atoms with Gasteiger partial charge in [0.1, 0.15) is 0 Å². The van der Waals surface area contributed by atoms with E-state index in [4.69, 9.17) is 22.6 Å². The third-order valence-electron chi connectivity index (χ3n) is 2.20. The summed E-state index contributed by atoms with van der Waals surface area (Å²) >= 11 is 0. The minimum atomic E-state index is -3.77. The summed E-state index contributed by atoms with van der Waals surface area (Å²) in [5.74, 6) is 0. The molecule has 0 aromatic carbocycles. The molecule has 16 heavy (non-hydrogen) atoms. The van der Waals surface area contributed by atoms with Gasteiger partial charge < -0.3 is 0 Å². The first-order valence-electron chi connectivity index (χ1n) is 5.91. The van der Waals surface area contributed by atoms with Gasteiger partial charge >= 0.3 is 97.0 Å². The van der Waals surface area contributed by atoms with Gasteiger partial charge in [-0.1, -0.05) is 0 Å². The van der Waals surface area contributed by atoms with Crippen LogP contribution in [0.1, 0.15) is 34.1 Å². The van der Waals surface area contributed by atoms with Gasteiger partial charge in [-0.2, -0.15) is 0 Å². The van der Waals surface area contributed by atoms with Crippen molar-refractivity contribution in [3.05, 3.63) is 0 Å². The van der Waals surface area contributed by atoms with E-state index in [2.05, 4.69) is 0 Å². The van der Waals surface area contributed by atoms with Gasteiger partial charge in [-0.3, -0.25) is 0 Å². The molecule has 0 aromatic rings. The van der Waals surface area contributed by atoms with Gasteiger partial charge in [-0.05, 0) is 0 Å². The topological polar surface area (TPSA) is 46.2 Å². The Labute approximate surface area is 97.7 Å². The molecule has 1 rings (SSSR count). The first-order chi connectivity index (χ1) is 7.60. The molecule has 98 valence electrons. The van der Waals surface area contributed by atoms with Gasteiger partial charge in [0, 0.05) is 0 Å². The van der Waals surface area contributed by atoms with Crippen LogP contribution < -0.4 is 0 Å². The van der Waals surface area contributed by atoms with Crippen LogP contribution in [0.5, 0.6) is 0 Å². The molecular formula is C10H23O5P. The van der Waals surface area contributed by atoms with Crippen LogP contribution in [0.4, 0.5) is 0 Å². The van der Waals surface area contributed by atoms with Gasteiger partial charge in [-0.15, -0.1) is 0 Å². The van der Waals surface area contributed by atoms with Gasteiger partial charge in [-0.25, -0.2) is 0 Å². The van der Waals surface area contributed by atoms with Crippen molar-refractivity contribution in [2.75, 3.05) is 26.4 Å². The molecule has 1 saturated heterocycles. The summed E-state index contributed by atoms with van der Waals surface area (Å²) < 4.78 is 28.5. The fourth-order valence-electron chi connectivity index (χ4n) is 1.69. The molecule has 0 aromatic heterocycles. The van der Waals surface area contributed by atoms with Crippen molar-refractivity contribution in [2.45, 2.75) is 40.2 Å². The number of hydrogen-bond donors (Lipinski definition) is 0. The Hall–Kier alpha value is 0.230. The van der Waals surface area contributed by atoms with Crippen LogP contribution in [0, 0.1) is 0 Å². The van der Waals surface area contributed by atoms with Gasteiger partial charge in [0.05, 0.1) is 0 Å². The maximum absolute atomic E-state index is 5.82. The zero-order valence-electron chi connectivity index (χ0n) is 10.6. The Bertz CT molecular complexity index is 194. The third-order valence-corrected chi connectivity index (χ3v) is 5.55. The van der Waals surface area contributed by atoms with Crippen molar-refractivity contribution in [1.82, 2.24) is 0 Å². The van der Waals surface area contributed by atoms with Crippen molar-refractivity contribution in [3.63, 3.8) is 0 Å². The molecule has 1 aliphatic heterocycles. The molecule has 1 aliphatic rings. The Morgan fingerprint density at radius 2 is 1.56 bits per heavy atom. The van der Waals surface area contributed by atoms with Crippen molar-refractivity contribution in [3.8, 4) is 0 Å². The second-order valence-electron chi connectivity index (χ2n) is 3.54. The summed E-state index contributed by atoms with van der Waals surface area (Å²) in [6.07, 6.45) is 0.849. The van der Waals surface area contributed by atoms with Crippen LogP contribution in [0.3, 0.4) is 0 Å². The van der Waals surface area contributed by atoms with Gasteiger partial charge in [0.15, 0.2) is 0 Å². The minimum absolute atomic E-state index is 0.0241. The SMILES string of the molecule is CCOP1(OCC)(OCC)OCCC(C)O1. The average Bonchev–Trinajstić information content (AvgIpc) is 2.18. The summed E-state index contributed by atoms with van der Waals surface area (Å²) in [5.41, 5.74) is 0. The second kappa shape index (κ2) is 5.71. The Kier molecular flexibility index (Phi) is 5.10. The standard InChI is InChI=1S/C10H23O5P/c1-5-11-16(12-6-2,13-7-3)14-9-8-10(4)15-16/h10H,5-9H2,1-4H3. The van der Waals surface area contributed by atoms with E-state index in [0.717, 1.165) is 6.42 Å². The molecule has 5 nitrogen and oxygen atoms in total. The van der Waals surface area contributed by atoms with Gasteiger partial charge in [0.2, 0.25) is 0 Å². The average molecular weight is 254 g/mol. The van der Waals surface area contributed by atoms with E-state index in [9.17, 15) is 0 Å². The van der Waals surface area contributed by atoms with Gasteiger partial charge in [0.25, 0.3) is 0 Å². The van der Waals surface area contributed by atoms with Crippen molar-refractivity contribution >= 4 is 7.74 Å². The van der Waals surface area contributed by atoms with Crippen molar-refractivity contribution in [1.29, 1.82) is 0 Å². The van der Waals surface area contributed by atoms with E-state index >= 15 is 0 Å². The Morgan fingerprint density at radius 3 is 1.94 bits per heavy atom. The van der Waals surface area contributed by atoms with Crippen LogP contribution in [0.25, 0.3) is 0 Å². The summed E-state index contributed by atoms with van der Waals surface area (Å²) in [5, 5.41) is 0. The summed E-state index contributed by atoms with van der Waals surface area (Å²) in [6.45, 7) is 9.44. The van der Waals surface area contributed by atoms with Crippen LogP contribution in [-0.4, -0.2) is 32.5 Å². The zero-order chi connectivity index (χ0) is 12.1. The Morgan fingerprint density at radius 1 is 1.06 bits per heavy atom. The molecule has 1 atom stereocenters. The third kappa shape index (κ3) is 2.92. The molecule has 0 radical (unpaired) electrons. The predicted octanol–water partition coefficient (Wildman–Crippen LogP) is 3.05. The van der Waals surface area contributed by atoms with E-state index in [1.165, 1.54) is 0 Å². The monoisotopic (exact) mass is 254 g/mol. The summed E-state index contributed by atoms with van der Waals surface area (Å²) in [7, 11) is -3.77. The van der Waals surface area contributed by atoms with E-state index in [1.54, 1.807) is 0 Å². The fourth-order valence-corrected chi connectivity index (χ4v) is 4.74. The second-order valence-corrected chi connectivity index (χ2v) is 6.27. The molecule has 1 unspecified atom stereocenters. The predicted molar refractivity (Wildman–Crippen MR) is 62.9 cm³/mol. The van der Waals surface area contributed by atoms with E-state index in [0.29, 0.717) is 26.4 Å². The molecule has 0 saturated carbocycles. The zero-order valence-corrected chi connectivity index (χ0v) is 11.5. The van der Waals surface area contributed by atoms with E-state index in [-0.39, 0.29) is 6.10 Å². The van der Waals surface area contributed by atoms with E-state index < -0.39 is 7.74 Å². The molecule has 6 heteroatoms. The normalized spacial score (nSPS) is 30.5. The number of hydrogen-bond acceptors (Lipinski definition) is 5. The molecule has 0 bridgehead atoms. The molecule has 0 aliphatic carbocycles. The summed E-state index contributed by atoms with van der Waals surface area (Å²) in [6, 6.07) is 0. The van der Waals surface area contributed by atoms with Crippen LogP contribution >= 0.6 is 7.74 Å². The maximum atomic E-state index is 5.82. The first kappa shape index (κ1) is 14.3. The molecule has 1 fully saturated rings. The fraction of sp³-hybridized carbons (Fsp3) is 1.00. The van der Waals surface area contributed by atoms with Crippen LogP contribution in [0.2, 0.25) is 0 Å². The Balaban J connectivity index is 2.93. The molecule has 1 heterocycles. The first-order valence-corrected chi connectivity index (χ1v) is 7.74. The molecule has 0 amide bonds. The van der Waals surface area contributed by atoms with Crippen LogP contribution in [-0.2, 0) is 22.6 Å². The molecular weight excluding hydrogens is 231 g/mol. The van der Waals surface area contributed by atoms with Crippen LogP contribution in [0.15, 0.2) is 0 Å².